The molecule has 2 aromatic carbocycles. The lowest BCUT2D eigenvalue weighted by molar-refractivity contribution is -0.111. The number of nitrogens with zero attached hydrogens (tertiary/aromatic N) is 1. The first-order chi connectivity index (χ1) is 10.8. The van der Waals surface area contributed by atoms with Crippen molar-refractivity contribution in [1.29, 1.82) is 0 Å². The average molecular weight is 290 g/mol. The third-order valence-electron chi connectivity index (χ3n) is 3.15. The van der Waals surface area contributed by atoms with Crippen molar-refractivity contribution in [3.63, 3.8) is 0 Å². The number of hydrogen-bond donors (Lipinski definition) is 1. The summed E-state index contributed by atoms with van der Waals surface area (Å²) in [6.45, 7) is 3.46. The lowest BCUT2D eigenvalue weighted by Crippen LogP contribution is -2.07. The van der Waals surface area contributed by atoms with E-state index < -0.39 is 0 Å². The van der Waals surface area contributed by atoms with Gasteiger partial charge in [-0.25, -0.2) is 0 Å². The van der Waals surface area contributed by atoms with E-state index in [-0.39, 0.29) is 5.91 Å². The molecule has 0 aliphatic carbocycles. The number of amides is 1. The number of aromatic nitrogens is 1. The van der Waals surface area contributed by atoms with Crippen LogP contribution in [0.25, 0.3) is 10.9 Å². The molecule has 108 valence electrons. The van der Waals surface area contributed by atoms with Gasteiger partial charge in [-0.05, 0) is 42.5 Å². The van der Waals surface area contributed by atoms with Crippen molar-refractivity contribution in [3.8, 4) is 11.5 Å². The van der Waals surface area contributed by atoms with Crippen molar-refractivity contribution in [2.45, 2.75) is 0 Å². The highest BCUT2D eigenvalue weighted by atomic mass is 16.5. The molecule has 3 aromatic rings. The summed E-state index contributed by atoms with van der Waals surface area (Å²) in [5, 5.41) is 3.58. The van der Waals surface area contributed by atoms with Gasteiger partial charge in [0.25, 0.3) is 0 Å². The fourth-order valence-corrected chi connectivity index (χ4v) is 2.14. The van der Waals surface area contributed by atoms with Crippen molar-refractivity contribution < 1.29 is 9.53 Å². The Morgan fingerprint density at radius 3 is 2.68 bits per heavy atom. The average Bonchev–Trinajstić information content (AvgIpc) is 2.58. The first-order valence-electron chi connectivity index (χ1n) is 6.82. The van der Waals surface area contributed by atoms with E-state index in [0.717, 1.165) is 11.1 Å². The second-order valence-corrected chi connectivity index (χ2v) is 4.62. The number of rotatable bonds is 4. The van der Waals surface area contributed by atoms with Crippen LogP contribution < -0.4 is 10.1 Å². The Bertz CT molecular complexity index is 829. The van der Waals surface area contributed by atoms with Crippen LogP contribution in [0.4, 0.5) is 5.69 Å². The second-order valence-electron chi connectivity index (χ2n) is 4.62. The number of benzene rings is 2. The molecule has 4 nitrogen and oxygen atoms in total. The maximum Gasteiger partial charge on any atom is 0.247 e. The smallest absolute Gasteiger partial charge is 0.247 e. The molecule has 1 amide bonds. The molecule has 1 N–H and O–H groups in total. The fraction of sp³-hybridized carbons (Fsp3) is 0. The summed E-state index contributed by atoms with van der Waals surface area (Å²) in [5.41, 5.74) is 1.36. The van der Waals surface area contributed by atoms with Crippen LogP contribution in [0.5, 0.6) is 11.5 Å². The number of carbonyl (C=O) groups excluding carboxylic acids is 1. The summed E-state index contributed by atoms with van der Waals surface area (Å²) in [6.07, 6.45) is 2.93. The number of para-hydroxylation sites is 1. The summed E-state index contributed by atoms with van der Waals surface area (Å²) in [4.78, 5) is 15.9. The van der Waals surface area contributed by atoms with Gasteiger partial charge < -0.3 is 10.1 Å². The molecule has 0 saturated heterocycles. The van der Waals surface area contributed by atoms with E-state index in [0.29, 0.717) is 17.0 Å². The van der Waals surface area contributed by atoms with Gasteiger partial charge in [-0.3, -0.25) is 9.78 Å². The van der Waals surface area contributed by atoms with Crippen molar-refractivity contribution in [2.75, 3.05) is 5.32 Å². The Morgan fingerprint density at radius 2 is 1.91 bits per heavy atom. The zero-order chi connectivity index (χ0) is 15.4. The van der Waals surface area contributed by atoms with Crippen molar-refractivity contribution in [2.24, 2.45) is 0 Å². The molecular weight excluding hydrogens is 276 g/mol. The van der Waals surface area contributed by atoms with Crippen molar-refractivity contribution in [1.82, 2.24) is 4.98 Å². The molecule has 0 atom stereocenters. The molecule has 0 aliphatic heterocycles. The predicted octanol–water partition coefficient (Wildman–Crippen LogP) is 4.15. The van der Waals surface area contributed by atoms with Crippen LogP contribution in [0, 0.1) is 0 Å². The quantitative estimate of drug-likeness (QED) is 0.734. The largest absolute Gasteiger partial charge is 0.455 e. The van der Waals surface area contributed by atoms with Crippen LogP contribution in [0.15, 0.2) is 73.4 Å². The number of pyridine rings is 1. The Morgan fingerprint density at radius 1 is 1.09 bits per heavy atom. The topological polar surface area (TPSA) is 51.2 Å². The highest BCUT2D eigenvalue weighted by Gasteiger charge is 2.10. The van der Waals surface area contributed by atoms with E-state index >= 15 is 0 Å². The molecule has 0 radical (unpaired) electrons. The predicted molar refractivity (Wildman–Crippen MR) is 87.1 cm³/mol. The minimum atomic E-state index is -0.262. The zero-order valence-electron chi connectivity index (χ0n) is 11.8. The molecular formula is C18H14N2O2. The molecule has 1 aromatic heterocycles. The molecule has 0 saturated carbocycles. The van der Waals surface area contributed by atoms with E-state index in [4.69, 9.17) is 4.74 Å². The van der Waals surface area contributed by atoms with Gasteiger partial charge in [0.15, 0.2) is 5.75 Å². The first-order valence-corrected chi connectivity index (χ1v) is 6.82. The third kappa shape index (κ3) is 2.81. The fourth-order valence-electron chi connectivity index (χ4n) is 2.14. The summed E-state index contributed by atoms with van der Waals surface area (Å²) in [5.74, 6) is 1.11. The molecule has 0 spiro atoms. The molecule has 0 bridgehead atoms. The van der Waals surface area contributed by atoms with Crippen LogP contribution in [-0.2, 0) is 4.79 Å². The molecule has 1 heterocycles. The summed E-state index contributed by atoms with van der Waals surface area (Å²) in [6, 6.07) is 16.8. The van der Waals surface area contributed by atoms with Gasteiger partial charge in [-0.15, -0.1) is 0 Å². The summed E-state index contributed by atoms with van der Waals surface area (Å²) < 4.78 is 5.88. The Hall–Kier alpha value is -3.14. The zero-order valence-corrected chi connectivity index (χ0v) is 11.8. The van der Waals surface area contributed by atoms with Crippen LogP contribution in [0.2, 0.25) is 0 Å². The first kappa shape index (κ1) is 13.8. The van der Waals surface area contributed by atoms with Gasteiger partial charge in [0.1, 0.15) is 11.3 Å². The van der Waals surface area contributed by atoms with Crippen LogP contribution in [-0.4, -0.2) is 10.9 Å². The van der Waals surface area contributed by atoms with Crippen molar-refractivity contribution >= 4 is 22.5 Å². The van der Waals surface area contributed by atoms with Gasteiger partial charge >= 0.3 is 0 Å². The maximum absolute atomic E-state index is 11.5. The van der Waals surface area contributed by atoms with E-state index in [1.54, 1.807) is 18.3 Å². The molecule has 0 unspecified atom stereocenters. The number of fused-ring (bicyclic) bond motifs is 1. The van der Waals surface area contributed by atoms with Crippen LogP contribution >= 0.6 is 0 Å². The van der Waals surface area contributed by atoms with Gasteiger partial charge in [0, 0.05) is 11.6 Å². The highest BCUT2D eigenvalue weighted by molar-refractivity contribution is 6.06. The lowest BCUT2D eigenvalue weighted by atomic mass is 10.1. The van der Waals surface area contributed by atoms with E-state index in [1.807, 2.05) is 42.5 Å². The van der Waals surface area contributed by atoms with Crippen molar-refractivity contribution in [3.05, 3.63) is 73.4 Å². The van der Waals surface area contributed by atoms with Crippen LogP contribution in [0.1, 0.15) is 0 Å². The number of anilines is 1. The Balaban J connectivity index is 2.04. The van der Waals surface area contributed by atoms with E-state index in [1.165, 1.54) is 6.08 Å². The number of nitrogens with one attached hydrogen (secondary N) is 1. The normalized spacial score (nSPS) is 10.2. The minimum absolute atomic E-state index is 0.262. The van der Waals surface area contributed by atoms with Crippen LogP contribution in [0.3, 0.4) is 0 Å². The Kier molecular flexibility index (Phi) is 3.83. The van der Waals surface area contributed by atoms with Gasteiger partial charge in [-0.2, -0.15) is 0 Å². The number of hydrogen-bond acceptors (Lipinski definition) is 3. The number of carbonyl (C=O) groups is 1. The third-order valence-corrected chi connectivity index (χ3v) is 3.15. The lowest BCUT2D eigenvalue weighted by Gasteiger charge is -2.11. The summed E-state index contributed by atoms with van der Waals surface area (Å²) in [7, 11) is 0. The molecule has 0 fully saturated rings. The maximum atomic E-state index is 11.5. The molecule has 3 rings (SSSR count). The highest BCUT2D eigenvalue weighted by Crippen LogP contribution is 2.32. The summed E-state index contributed by atoms with van der Waals surface area (Å²) >= 11 is 0. The number of ether oxygens (including phenoxy) is 1. The minimum Gasteiger partial charge on any atom is -0.455 e. The van der Waals surface area contributed by atoms with Gasteiger partial charge in [0.2, 0.25) is 5.91 Å². The standard InChI is InChI=1S/C18H14N2O2/c1-2-17(21)20-15-10-11-16(18-14(15)9-6-12-19-18)22-13-7-4-3-5-8-13/h2-12H,1H2,(H,20,21). The SMILES string of the molecule is C=CC(=O)Nc1ccc(Oc2ccccc2)c2ncccc12. The van der Waals surface area contributed by atoms with Gasteiger partial charge in [0.05, 0.1) is 5.69 Å². The van der Waals surface area contributed by atoms with E-state index in [9.17, 15) is 4.79 Å². The second kappa shape index (κ2) is 6.10. The monoisotopic (exact) mass is 290 g/mol. The van der Waals surface area contributed by atoms with Gasteiger partial charge in [-0.1, -0.05) is 24.8 Å². The molecule has 22 heavy (non-hydrogen) atoms. The molecule has 4 heteroatoms. The molecule has 0 aliphatic rings. The van der Waals surface area contributed by atoms with E-state index in [2.05, 4.69) is 16.9 Å². The Labute approximate surface area is 128 Å².